The molecule has 144 valence electrons. The molecule has 9 heteroatoms. The molecule has 0 aromatic carbocycles. The van der Waals surface area contributed by atoms with Crippen molar-refractivity contribution >= 4 is 28.2 Å². The third kappa shape index (κ3) is 3.74. The minimum atomic E-state index is -0.156. The van der Waals surface area contributed by atoms with Crippen LogP contribution < -0.4 is 4.90 Å². The number of carbonyl (C=O) groups excluding carboxylic acids is 2. The summed E-state index contributed by atoms with van der Waals surface area (Å²) in [5, 5.41) is 9.63. The van der Waals surface area contributed by atoms with Crippen LogP contribution in [0.1, 0.15) is 40.7 Å². The molecule has 4 heterocycles. The summed E-state index contributed by atoms with van der Waals surface area (Å²) in [6.45, 7) is 5.71. The predicted molar refractivity (Wildman–Crippen MR) is 101 cm³/mol. The fraction of sp³-hybridized carbons (Fsp3) is 0.556. The van der Waals surface area contributed by atoms with Crippen LogP contribution in [0.15, 0.2) is 17.6 Å². The molecule has 27 heavy (non-hydrogen) atoms. The lowest BCUT2D eigenvalue weighted by atomic mass is 9.80. The first-order chi connectivity index (χ1) is 13.1. The maximum Gasteiger partial charge on any atom is 0.271 e. The number of nitrogens with one attached hydrogen (secondary N) is 1. The normalized spacial score (nSPS) is 23.4. The zero-order chi connectivity index (χ0) is 18.9. The van der Waals surface area contributed by atoms with Crippen molar-refractivity contribution in [1.82, 2.24) is 20.1 Å². The summed E-state index contributed by atoms with van der Waals surface area (Å²) in [7, 11) is 0. The molecular formula is C18H23N5O3S. The highest BCUT2D eigenvalue weighted by Crippen LogP contribution is 2.35. The second-order valence-electron chi connectivity index (χ2n) is 7.34. The van der Waals surface area contributed by atoms with Gasteiger partial charge in [-0.25, -0.2) is 4.98 Å². The molecule has 0 bridgehead atoms. The van der Waals surface area contributed by atoms with E-state index < -0.39 is 0 Å². The van der Waals surface area contributed by atoms with Crippen molar-refractivity contribution in [3.63, 3.8) is 0 Å². The highest BCUT2D eigenvalue weighted by atomic mass is 32.1. The van der Waals surface area contributed by atoms with Gasteiger partial charge in [-0.15, -0.1) is 11.3 Å². The molecule has 0 aliphatic carbocycles. The maximum absolute atomic E-state index is 12.9. The summed E-state index contributed by atoms with van der Waals surface area (Å²) in [5.41, 5.74) is 0.542. The monoisotopic (exact) mass is 389 g/mol. The molecule has 2 aromatic heterocycles. The Bertz CT molecular complexity index is 821. The molecular weight excluding hydrogens is 366 g/mol. The highest BCUT2D eigenvalue weighted by Gasteiger charge is 2.41. The Balaban J connectivity index is 1.52. The molecule has 1 atom stereocenters. The van der Waals surface area contributed by atoms with Crippen LogP contribution in [0, 0.1) is 5.41 Å². The Kier molecular flexibility index (Phi) is 4.96. The second kappa shape index (κ2) is 7.40. The molecule has 2 aliphatic rings. The first-order valence-corrected chi connectivity index (χ1v) is 10.0. The van der Waals surface area contributed by atoms with E-state index in [0.29, 0.717) is 32.0 Å². The molecule has 2 saturated heterocycles. The number of Topliss-reactive ketones (excluding diaryl/α,β-unsaturated/α-hetero) is 1. The fourth-order valence-electron chi connectivity index (χ4n) is 3.94. The van der Waals surface area contributed by atoms with Gasteiger partial charge in [-0.3, -0.25) is 14.7 Å². The summed E-state index contributed by atoms with van der Waals surface area (Å²) < 4.78 is 5.92. The second-order valence-corrected chi connectivity index (χ2v) is 8.22. The van der Waals surface area contributed by atoms with Crippen molar-refractivity contribution in [2.75, 3.05) is 44.3 Å². The number of ketones is 1. The molecule has 4 rings (SSSR count). The number of likely N-dealkylation sites (tertiary alicyclic amines) is 1. The Morgan fingerprint density at radius 2 is 2.22 bits per heavy atom. The number of nitrogens with zero attached hydrogens (tertiary/aromatic N) is 4. The number of rotatable bonds is 3. The third-order valence-electron chi connectivity index (χ3n) is 5.25. The topological polar surface area (TPSA) is 91.4 Å². The maximum atomic E-state index is 12.9. The van der Waals surface area contributed by atoms with Gasteiger partial charge in [-0.05, 0) is 18.9 Å². The fourth-order valence-corrected chi connectivity index (χ4v) is 4.61. The van der Waals surface area contributed by atoms with E-state index >= 15 is 0 Å². The average Bonchev–Trinajstić information content (AvgIpc) is 3.33. The van der Waals surface area contributed by atoms with Crippen molar-refractivity contribution in [1.29, 1.82) is 0 Å². The molecule has 0 radical (unpaired) electrons. The van der Waals surface area contributed by atoms with Crippen LogP contribution in [0.5, 0.6) is 0 Å². The quantitative estimate of drug-likeness (QED) is 0.806. The number of amides is 1. The lowest BCUT2D eigenvalue weighted by Crippen LogP contribution is -2.52. The number of aromatic nitrogens is 3. The van der Waals surface area contributed by atoms with E-state index in [1.54, 1.807) is 11.3 Å². The molecule has 0 saturated carbocycles. The average molecular weight is 389 g/mol. The molecule has 8 nitrogen and oxygen atoms in total. The van der Waals surface area contributed by atoms with Gasteiger partial charge >= 0.3 is 0 Å². The molecule has 2 fully saturated rings. The first-order valence-electron chi connectivity index (χ1n) is 9.14. The number of ether oxygens (including phenoxy) is 1. The molecule has 1 unspecified atom stereocenters. The summed E-state index contributed by atoms with van der Waals surface area (Å²) in [4.78, 5) is 33.0. The van der Waals surface area contributed by atoms with Gasteiger partial charge in [0.25, 0.3) is 5.91 Å². The van der Waals surface area contributed by atoms with Gasteiger partial charge in [0.2, 0.25) is 0 Å². The van der Waals surface area contributed by atoms with E-state index in [9.17, 15) is 9.59 Å². The largest absolute Gasteiger partial charge is 0.379 e. The zero-order valence-corrected chi connectivity index (χ0v) is 16.1. The lowest BCUT2D eigenvalue weighted by Gasteiger charge is -2.43. The Labute approximate surface area is 161 Å². The summed E-state index contributed by atoms with van der Waals surface area (Å²) >= 11 is 1.63. The standard InChI is InChI=1S/C18H23N5O3S/c1-13(24)14-9-15(21-20-14)16(25)22-5-2-3-18(10-22)11-23(6-7-26-12-18)17-19-4-8-27-17/h4,8-9H,2-3,5-7,10-12H2,1H3,(H,20,21). The number of hydrogen-bond acceptors (Lipinski definition) is 7. The van der Waals surface area contributed by atoms with Crippen molar-refractivity contribution < 1.29 is 14.3 Å². The van der Waals surface area contributed by atoms with Crippen LogP contribution in [0.25, 0.3) is 0 Å². The van der Waals surface area contributed by atoms with Crippen LogP contribution >= 0.6 is 11.3 Å². The molecule has 1 N–H and O–H groups in total. The van der Waals surface area contributed by atoms with E-state index in [1.165, 1.54) is 13.0 Å². The van der Waals surface area contributed by atoms with E-state index in [-0.39, 0.29) is 22.8 Å². The van der Waals surface area contributed by atoms with Crippen molar-refractivity contribution in [2.24, 2.45) is 5.41 Å². The van der Waals surface area contributed by atoms with Gasteiger partial charge in [0.1, 0.15) is 11.4 Å². The number of aromatic amines is 1. The molecule has 2 aromatic rings. The van der Waals surface area contributed by atoms with Gasteiger partial charge < -0.3 is 14.5 Å². The van der Waals surface area contributed by atoms with Crippen LogP contribution in [-0.2, 0) is 4.74 Å². The number of anilines is 1. The molecule has 1 spiro atoms. The Morgan fingerprint density at radius 1 is 1.33 bits per heavy atom. The van der Waals surface area contributed by atoms with Crippen LogP contribution in [0.2, 0.25) is 0 Å². The smallest absolute Gasteiger partial charge is 0.271 e. The number of hydrogen-bond donors (Lipinski definition) is 1. The van der Waals surface area contributed by atoms with Crippen LogP contribution in [0.3, 0.4) is 0 Å². The highest BCUT2D eigenvalue weighted by molar-refractivity contribution is 7.13. The van der Waals surface area contributed by atoms with E-state index in [1.807, 2.05) is 16.5 Å². The van der Waals surface area contributed by atoms with Crippen molar-refractivity contribution in [3.8, 4) is 0 Å². The number of carbonyl (C=O) groups is 2. The molecule has 1 amide bonds. The van der Waals surface area contributed by atoms with Crippen molar-refractivity contribution in [2.45, 2.75) is 19.8 Å². The number of piperidine rings is 1. The van der Waals surface area contributed by atoms with Crippen molar-refractivity contribution in [3.05, 3.63) is 29.0 Å². The number of H-pyrrole nitrogens is 1. The SMILES string of the molecule is CC(=O)c1cc(C(=O)N2CCCC3(COCCN(c4nccs4)C3)C2)[nH]n1. The predicted octanol–water partition coefficient (Wildman–Crippen LogP) is 1.83. The number of thiazole rings is 1. The minimum absolute atomic E-state index is 0.112. The van der Waals surface area contributed by atoms with E-state index in [0.717, 1.165) is 31.1 Å². The first kappa shape index (κ1) is 18.1. The van der Waals surface area contributed by atoms with Crippen LogP contribution in [0.4, 0.5) is 5.13 Å². The molecule has 2 aliphatic heterocycles. The Hall–Kier alpha value is -2.26. The summed E-state index contributed by atoms with van der Waals surface area (Å²) in [5.74, 6) is -0.268. The third-order valence-corrected chi connectivity index (χ3v) is 6.08. The zero-order valence-electron chi connectivity index (χ0n) is 15.3. The van der Waals surface area contributed by atoms with E-state index in [2.05, 4.69) is 20.1 Å². The van der Waals surface area contributed by atoms with Gasteiger partial charge in [0, 0.05) is 50.1 Å². The van der Waals surface area contributed by atoms with Gasteiger partial charge in [-0.2, -0.15) is 5.10 Å². The Morgan fingerprint density at radius 3 is 2.96 bits per heavy atom. The summed E-state index contributed by atoms with van der Waals surface area (Å²) in [6.07, 6.45) is 3.76. The van der Waals surface area contributed by atoms with Gasteiger partial charge in [-0.1, -0.05) is 0 Å². The summed E-state index contributed by atoms with van der Waals surface area (Å²) in [6, 6.07) is 1.54. The van der Waals surface area contributed by atoms with E-state index in [4.69, 9.17) is 4.74 Å². The minimum Gasteiger partial charge on any atom is -0.379 e. The lowest BCUT2D eigenvalue weighted by molar-refractivity contribution is 0.0133. The van der Waals surface area contributed by atoms with Gasteiger partial charge in [0.15, 0.2) is 10.9 Å². The van der Waals surface area contributed by atoms with Crippen LogP contribution in [-0.4, -0.2) is 71.2 Å². The van der Waals surface area contributed by atoms with Gasteiger partial charge in [0.05, 0.1) is 13.2 Å².